The topological polar surface area (TPSA) is 24.5 Å². The second-order valence-electron chi connectivity index (χ2n) is 6.67. The third-order valence-electron chi connectivity index (χ3n) is 5.39. The maximum absolute atomic E-state index is 5.64. The van der Waals surface area contributed by atoms with Gasteiger partial charge in [-0.2, -0.15) is 0 Å². The standard InChI is InChI=1S/C19H24N2O.ClH/c1-22-19-7-6-14-4-2-3-5-17(14)18(19)13-21-9-8-15-10-20-11-16(15)12-21;/h2-7,15-16,20H,8-13H2,1H3;1H. The van der Waals surface area contributed by atoms with E-state index < -0.39 is 0 Å². The highest BCUT2D eigenvalue weighted by atomic mass is 35.5. The Hall–Kier alpha value is -1.29. The number of nitrogens with zero attached hydrogens (tertiary/aromatic N) is 1. The van der Waals surface area contributed by atoms with Crippen molar-refractivity contribution in [2.75, 3.05) is 33.3 Å². The highest BCUT2D eigenvalue weighted by Gasteiger charge is 2.32. The number of fused-ring (bicyclic) bond motifs is 2. The number of rotatable bonds is 3. The van der Waals surface area contributed by atoms with E-state index in [0.717, 1.165) is 24.1 Å². The molecule has 2 aromatic rings. The molecule has 0 aliphatic carbocycles. The second kappa shape index (κ2) is 7.08. The molecule has 2 aliphatic rings. The van der Waals surface area contributed by atoms with Crippen LogP contribution in [0, 0.1) is 11.8 Å². The molecule has 0 bridgehead atoms. The van der Waals surface area contributed by atoms with Crippen LogP contribution >= 0.6 is 12.4 Å². The third-order valence-corrected chi connectivity index (χ3v) is 5.39. The van der Waals surface area contributed by atoms with E-state index in [2.05, 4.69) is 46.6 Å². The van der Waals surface area contributed by atoms with Crippen molar-refractivity contribution < 1.29 is 4.74 Å². The summed E-state index contributed by atoms with van der Waals surface area (Å²) in [6.07, 6.45) is 1.32. The Morgan fingerprint density at radius 3 is 2.83 bits per heavy atom. The fourth-order valence-electron chi connectivity index (χ4n) is 4.15. The molecule has 2 saturated heterocycles. The lowest BCUT2D eigenvalue weighted by atomic mass is 9.88. The number of benzene rings is 2. The normalized spacial score (nSPS) is 24.2. The summed E-state index contributed by atoms with van der Waals surface area (Å²) in [6, 6.07) is 12.9. The average Bonchev–Trinajstić information content (AvgIpc) is 3.03. The number of nitrogens with one attached hydrogen (secondary N) is 1. The highest BCUT2D eigenvalue weighted by molar-refractivity contribution is 5.87. The zero-order valence-electron chi connectivity index (χ0n) is 13.6. The molecular weight excluding hydrogens is 308 g/mol. The van der Waals surface area contributed by atoms with E-state index in [-0.39, 0.29) is 12.4 Å². The number of ether oxygens (including phenoxy) is 1. The zero-order chi connectivity index (χ0) is 14.9. The molecule has 2 fully saturated rings. The van der Waals surface area contributed by atoms with Crippen LogP contribution < -0.4 is 10.1 Å². The van der Waals surface area contributed by atoms with Crippen molar-refractivity contribution >= 4 is 23.2 Å². The monoisotopic (exact) mass is 332 g/mol. The molecule has 0 spiro atoms. The van der Waals surface area contributed by atoms with Crippen LogP contribution in [-0.4, -0.2) is 38.2 Å². The van der Waals surface area contributed by atoms with Gasteiger partial charge in [-0.05, 0) is 54.7 Å². The lowest BCUT2D eigenvalue weighted by Crippen LogP contribution is -2.39. The van der Waals surface area contributed by atoms with Crippen LogP contribution in [0.4, 0.5) is 0 Å². The van der Waals surface area contributed by atoms with E-state index >= 15 is 0 Å². The number of hydrogen-bond acceptors (Lipinski definition) is 3. The lowest BCUT2D eigenvalue weighted by molar-refractivity contribution is 0.141. The Morgan fingerprint density at radius 2 is 1.96 bits per heavy atom. The molecule has 0 saturated carbocycles. The first-order valence-electron chi connectivity index (χ1n) is 8.33. The summed E-state index contributed by atoms with van der Waals surface area (Å²) >= 11 is 0. The largest absolute Gasteiger partial charge is 0.496 e. The maximum Gasteiger partial charge on any atom is 0.123 e. The van der Waals surface area contributed by atoms with Gasteiger partial charge in [0.05, 0.1) is 7.11 Å². The van der Waals surface area contributed by atoms with Gasteiger partial charge in [0.25, 0.3) is 0 Å². The summed E-state index contributed by atoms with van der Waals surface area (Å²) in [5.41, 5.74) is 1.34. The minimum absolute atomic E-state index is 0. The number of methoxy groups -OCH3 is 1. The van der Waals surface area contributed by atoms with Crippen molar-refractivity contribution in [2.45, 2.75) is 13.0 Å². The van der Waals surface area contributed by atoms with Crippen molar-refractivity contribution in [1.82, 2.24) is 10.2 Å². The molecule has 2 heterocycles. The Labute approximate surface area is 144 Å². The van der Waals surface area contributed by atoms with E-state index in [4.69, 9.17) is 4.74 Å². The first-order valence-corrected chi connectivity index (χ1v) is 8.33. The molecule has 2 aromatic carbocycles. The SMILES string of the molecule is COc1ccc2ccccc2c1CN1CCC2CNCC2C1.Cl. The predicted octanol–water partition coefficient (Wildman–Crippen LogP) is 3.31. The molecule has 2 unspecified atom stereocenters. The fourth-order valence-corrected chi connectivity index (χ4v) is 4.15. The Balaban J connectivity index is 0.00000156. The molecule has 2 atom stereocenters. The first-order chi connectivity index (χ1) is 10.8. The van der Waals surface area contributed by atoms with Gasteiger partial charge in [0.15, 0.2) is 0 Å². The van der Waals surface area contributed by atoms with Gasteiger partial charge in [-0.25, -0.2) is 0 Å². The van der Waals surface area contributed by atoms with Crippen LogP contribution in [0.3, 0.4) is 0 Å². The molecule has 3 nitrogen and oxygen atoms in total. The summed E-state index contributed by atoms with van der Waals surface area (Å²) in [5, 5.41) is 6.18. The fraction of sp³-hybridized carbons (Fsp3) is 0.474. The van der Waals surface area contributed by atoms with E-state index in [1.165, 1.54) is 48.9 Å². The number of halogens is 1. The summed E-state index contributed by atoms with van der Waals surface area (Å²) in [4.78, 5) is 2.61. The summed E-state index contributed by atoms with van der Waals surface area (Å²) in [6.45, 7) is 5.82. The van der Waals surface area contributed by atoms with Crippen molar-refractivity contribution in [3.8, 4) is 5.75 Å². The second-order valence-corrected chi connectivity index (χ2v) is 6.67. The van der Waals surface area contributed by atoms with Gasteiger partial charge in [-0.1, -0.05) is 30.3 Å². The molecule has 1 N–H and O–H groups in total. The van der Waals surface area contributed by atoms with Crippen LogP contribution in [-0.2, 0) is 6.54 Å². The summed E-state index contributed by atoms with van der Waals surface area (Å²) in [5.74, 6) is 2.74. The van der Waals surface area contributed by atoms with Crippen molar-refractivity contribution in [1.29, 1.82) is 0 Å². The number of hydrogen-bond donors (Lipinski definition) is 1. The summed E-state index contributed by atoms with van der Waals surface area (Å²) in [7, 11) is 1.78. The summed E-state index contributed by atoms with van der Waals surface area (Å²) < 4.78 is 5.64. The molecule has 23 heavy (non-hydrogen) atoms. The van der Waals surface area contributed by atoms with E-state index in [0.29, 0.717) is 0 Å². The van der Waals surface area contributed by atoms with Crippen LogP contribution in [0.5, 0.6) is 5.75 Å². The Morgan fingerprint density at radius 1 is 1.13 bits per heavy atom. The maximum atomic E-state index is 5.64. The van der Waals surface area contributed by atoms with Crippen LogP contribution in [0.25, 0.3) is 10.8 Å². The third kappa shape index (κ3) is 3.18. The van der Waals surface area contributed by atoms with Gasteiger partial charge < -0.3 is 10.1 Å². The van der Waals surface area contributed by atoms with E-state index in [9.17, 15) is 0 Å². The molecule has 2 aliphatic heterocycles. The highest BCUT2D eigenvalue weighted by Crippen LogP contribution is 2.32. The lowest BCUT2D eigenvalue weighted by Gasteiger charge is -2.35. The number of likely N-dealkylation sites (tertiary alicyclic amines) is 1. The molecule has 0 aromatic heterocycles. The van der Waals surface area contributed by atoms with Crippen molar-refractivity contribution in [2.24, 2.45) is 11.8 Å². The van der Waals surface area contributed by atoms with Crippen LogP contribution in [0.1, 0.15) is 12.0 Å². The van der Waals surface area contributed by atoms with Crippen molar-refractivity contribution in [3.05, 3.63) is 42.0 Å². The first kappa shape index (κ1) is 16.6. The van der Waals surface area contributed by atoms with Crippen molar-refractivity contribution in [3.63, 3.8) is 0 Å². The predicted molar refractivity (Wildman–Crippen MR) is 97.5 cm³/mol. The molecule has 4 heteroatoms. The Kier molecular flexibility index (Phi) is 5.10. The molecular formula is C19H25ClN2O. The van der Waals surface area contributed by atoms with Gasteiger partial charge in [-0.3, -0.25) is 4.90 Å². The van der Waals surface area contributed by atoms with Gasteiger partial charge in [-0.15, -0.1) is 12.4 Å². The van der Waals surface area contributed by atoms with Crippen LogP contribution in [0.2, 0.25) is 0 Å². The smallest absolute Gasteiger partial charge is 0.123 e. The van der Waals surface area contributed by atoms with Gasteiger partial charge >= 0.3 is 0 Å². The number of piperidine rings is 1. The van der Waals surface area contributed by atoms with Gasteiger partial charge in [0.1, 0.15) is 5.75 Å². The molecule has 0 radical (unpaired) electrons. The molecule has 0 amide bonds. The van der Waals surface area contributed by atoms with E-state index in [1.807, 2.05) is 0 Å². The van der Waals surface area contributed by atoms with Gasteiger partial charge in [0.2, 0.25) is 0 Å². The molecule has 124 valence electrons. The van der Waals surface area contributed by atoms with Crippen LogP contribution in [0.15, 0.2) is 36.4 Å². The Bertz CT molecular complexity index is 675. The zero-order valence-corrected chi connectivity index (χ0v) is 14.4. The van der Waals surface area contributed by atoms with E-state index in [1.54, 1.807) is 7.11 Å². The quantitative estimate of drug-likeness (QED) is 0.933. The average molecular weight is 333 g/mol. The minimum Gasteiger partial charge on any atom is -0.496 e. The van der Waals surface area contributed by atoms with Gasteiger partial charge in [0, 0.05) is 18.7 Å². The minimum atomic E-state index is 0. The molecule has 4 rings (SSSR count).